The molecular weight excluding hydrogens is 673 g/mol. The van der Waals surface area contributed by atoms with Crippen LogP contribution >= 0.6 is 0 Å². The summed E-state index contributed by atoms with van der Waals surface area (Å²) in [5, 5.41) is 9.26. The van der Waals surface area contributed by atoms with Crippen molar-refractivity contribution in [2.24, 2.45) is 17.3 Å². The van der Waals surface area contributed by atoms with Gasteiger partial charge in [0.2, 0.25) is 0 Å². The van der Waals surface area contributed by atoms with E-state index in [0.29, 0.717) is 18.6 Å². The van der Waals surface area contributed by atoms with Crippen molar-refractivity contribution in [2.75, 3.05) is 52.5 Å². The molecule has 2 rings (SSSR count). The van der Waals surface area contributed by atoms with Crippen LogP contribution in [0.3, 0.4) is 0 Å². The first-order valence-electron chi connectivity index (χ1n) is 23.8. The number of esters is 2. The molecule has 2 heterocycles. The van der Waals surface area contributed by atoms with Gasteiger partial charge in [-0.25, -0.2) is 0 Å². The minimum Gasteiger partial charge on any atom is -0.464 e. The van der Waals surface area contributed by atoms with E-state index in [-0.39, 0.29) is 36.4 Å². The minimum absolute atomic E-state index is 0.0267. The Labute approximate surface area is 334 Å². The summed E-state index contributed by atoms with van der Waals surface area (Å²) in [4.78, 5) is 32.6. The zero-order valence-corrected chi connectivity index (χ0v) is 36.4. The molecule has 2 aliphatic rings. The van der Waals surface area contributed by atoms with Crippen molar-refractivity contribution in [3.05, 3.63) is 0 Å². The third-order valence-electron chi connectivity index (χ3n) is 12.9. The first kappa shape index (κ1) is 49.0. The van der Waals surface area contributed by atoms with Gasteiger partial charge in [-0.15, -0.1) is 0 Å². The molecule has 0 saturated carbocycles. The summed E-state index contributed by atoms with van der Waals surface area (Å²) >= 11 is 0. The number of unbranched alkanes of at least 4 members (excludes halogenated alkanes) is 17. The van der Waals surface area contributed by atoms with Gasteiger partial charge in [0.25, 0.3) is 0 Å². The minimum atomic E-state index is -0.0955. The zero-order valence-electron chi connectivity index (χ0n) is 36.4. The summed E-state index contributed by atoms with van der Waals surface area (Å²) in [6.45, 7) is 15.2. The predicted octanol–water partition coefficient (Wildman–Crippen LogP) is 11.7. The van der Waals surface area contributed by atoms with E-state index < -0.39 is 0 Å². The highest BCUT2D eigenvalue weighted by Gasteiger charge is 2.42. The molecule has 2 saturated heterocycles. The molecule has 0 atom stereocenters. The fourth-order valence-corrected chi connectivity index (χ4v) is 9.03. The number of ether oxygens (including phenoxy) is 2. The van der Waals surface area contributed by atoms with Crippen LogP contribution < -0.4 is 0 Å². The summed E-state index contributed by atoms with van der Waals surface area (Å²) in [7, 11) is 0. The molecule has 2 fully saturated rings. The largest absolute Gasteiger partial charge is 0.464 e. The van der Waals surface area contributed by atoms with Gasteiger partial charge >= 0.3 is 11.9 Å². The second kappa shape index (κ2) is 31.9. The van der Waals surface area contributed by atoms with Crippen LogP contribution in [0.15, 0.2) is 0 Å². The van der Waals surface area contributed by atoms with Crippen molar-refractivity contribution < 1.29 is 24.2 Å². The highest BCUT2D eigenvalue weighted by molar-refractivity contribution is 5.73. The molecule has 54 heavy (non-hydrogen) atoms. The molecule has 0 aromatic carbocycles. The number of aliphatic hydroxyl groups is 1. The summed E-state index contributed by atoms with van der Waals surface area (Å²) in [6, 6.07) is -0.0955. The average Bonchev–Trinajstić information content (AvgIpc) is 3.57. The van der Waals surface area contributed by atoms with Gasteiger partial charge in [-0.1, -0.05) is 156 Å². The van der Waals surface area contributed by atoms with E-state index in [1.54, 1.807) is 0 Å². The first-order valence-corrected chi connectivity index (χ1v) is 23.8. The number of rotatable bonds is 35. The van der Waals surface area contributed by atoms with E-state index in [2.05, 4.69) is 37.5 Å². The highest BCUT2D eigenvalue weighted by Crippen LogP contribution is 2.41. The highest BCUT2D eigenvalue weighted by atomic mass is 16.5. The van der Waals surface area contributed by atoms with E-state index in [4.69, 9.17) is 9.47 Å². The normalized spacial score (nSPS) is 16.4. The average molecular weight is 763 g/mol. The van der Waals surface area contributed by atoms with E-state index >= 15 is 0 Å². The molecular formula is C47H90N2O5. The number of piperidine rings is 1. The van der Waals surface area contributed by atoms with Gasteiger partial charge in [0, 0.05) is 13.2 Å². The third-order valence-corrected chi connectivity index (χ3v) is 12.9. The molecule has 7 heteroatoms. The van der Waals surface area contributed by atoms with Gasteiger partial charge in [-0.2, -0.15) is 0 Å². The number of hydrogen-bond acceptors (Lipinski definition) is 7. The second-order valence-electron chi connectivity index (χ2n) is 17.6. The van der Waals surface area contributed by atoms with Gasteiger partial charge in [-0.05, 0) is 89.4 Å². The van der Waals surface area contributed by atoms with E-state index in [1.807, 2.05) is 0 Å². The predicted molar refractivity (Wildman–Crippen MR) is 227 cm³/mol. The van der Waals surface area contributed by atoms with Crippen LogP contribution in [0.25, 0.3) is 0 Å². The first-order chi connectivity index (χ1) is 26.4. The fourth-order valence-electron chi connectivity index (χ4n) is 9.03. The summed E-state index contributed by atoms with van der Waals surface area (Å²) in [6.07, 6.45) is 33.3. The quantitative estimate of drug-likeness (QED) is 0.0509. The van der Waals surface area contributed by atoms with Crippen LogP contribution in [-0.4, -0.2) is 85.4 Å². The molecule has 0 unspecified atom stereocenters. The Hall–Kier alpha value is -1.18. The molecule has 7 nitrogen and oxygen atoms in total. The van der Waals surface area contributed by atoms with Crippen LogP contribution in [0.1, 0.15) is 214 Å². The van der Waals surface area contributed by atoms with Crippen molar-refractivity contribution >= 4 is 11.9 Å². The number of carbonyl (C=O) groups is 2. The fraction of sp³-hybridized carbons (Fsp3) is 0.957. The van der Waals surface area contributed by atoms with Gasteiger partial charge in [0.1, 0.15) is 13.2 Å². The molecule has 1 N–H and O–H groups in total. The van der Waals surface area contributed by atoms with Gasteiger partial charge in [0.15, 0.2) is 0 Å². The maximum atomic E-state index is 13.8. The molecule has 0 bridgehead atoms. The monoisotopic (exact) mass is 763 g/mol. The molecule has 0 aliphatic carbocycles. The van der Waals surface area contributed by atoms with Crippen molar-refractivity contribution in [2.45, 2.75) is 220 Å². The van der Waals surface area contributed by atoms with Crippen LogP contribution in [0.4, 0.5) is 0 Å². The number of likely N-dealkylation sites (tertiary alicyclic amines) is 2. The molecule has 318 valence electrons. The Balaban J connectivity index is 2.09. The SMILES string of the molecule is CCCCCCCC(CCCCCCC)C(=O)OCC(COC(=O)C(CCCCCCC)CCCCCCC)N1CCC2(CCN(CCCCO)C2)CC1. The van der Waals surface area contributed by atoms with Crippen LogP contribution in [0, 0.1) is 17.3 Å². The Morgan fingerprint density at radius 3 is 1.31 bits per heavy atom. The van der Waals surface area contributed by atoms with Crippen molar-refractivity contribution in [1.29, 1.82) is 0 Å². The summed E-state index contributed by atoms with van der Waals surface area (Å²) in [5.41, 5.74) is 0.356. The molecule has 1 spiro atoms. The lowest BCUT2D eigenvalue weighted by Crippen LogP contribution is -2.50. The van der Waals surface area contributed by atoms with Crippen LogP contribution in [0.2, 0.25) is 0 Å². The van der Waals surface area contributed by atoms with Gasteiger partial charge in [0.05, 0.1) is 17.9 Å². The molecule has 0 aromatic rings. The Kier molecular flexibility index (Phi) is 28.9. The Morgan fingerprint density at radius 2 is 0.926 bits per heavy atom. The zero-order chi connectivity index (χ0) is 39.1. The molecule has 0 radical (unpaired) electrons. The maximum Gasteiger partial charge on any atom is 0.308 e. The maximum absolute atomic E-state index is 13.8. The topological polar surface area (TPSA) is 79.3 Å². The lowest BCUT2D eigenvalue weighted by atomic mass is 9.77. The van der Waals surface area contributed by atoms with Gasteiger partial charge in [-0.3, -0.25) is 14.5 Å². The second-order valence-corrected chi connectivity index (χ2v) is 17.6. The van der Waals surface area contributed by atoms with Crippen molar-refractivity contribution in [1.82, 2.24) is 9.80 Å². The van der Waals surface area contributed by atoms with Crippen molar-refractivity contribution in [3.8, 4) is 0 Å². The number of carbonyl (C=O) groups excluding carboxylic acids is 2. The summed E-state index contributed by atoms with van der Waals surface area (Å²) in [5.74, 6) is -0.114. The van der Waals surface area contributed by atoms with Gasteiger partial charge < -0.3 is 19.5 Å². The Bertz CT molecular complexity index is 831. The lowest BCUT2D eigenvalue weighted by Gasteiger charge is -2.42. The third kappa shape index (κ3) is 21.4. The standard InChI is InChI=1S/C47H90N2O5/c1-5-9-13-17-21-27-42(28-22-18-14-10-6-2)45(51)53-39-44(49-36-32-47(33-37-49)31-35-48(41-47)34-25-26-38-50)40-54-46(52)43(29-23-19-15-11-7-3)30-24-20-16-12-8-4/h42-44,50H,5-41H2,1-4H3. The van der Waals surface area contributed by atoms with Crippen LogP contribution in [0.5, 0.6) is 0 Å². The number of hydrogen-bond donors (Lipinski definition) is 1. The summed E-state index contributed by atoms with van der Waals surface area (Å²) < 4.78 is 12.5. The van der Waals surface area contributed by atoms with Crippen LogP contribution in [-0.2, 0) is 19.1 Å². The molecule has 0 aromatic heterocycles. The molecule has 0 amide bonds. The van der Waals surface area contributed by atoms with E-state index in [9.17, 15) is 14.7 Å². The lowest BCUT2D eigenvalue weighted by molar-refractivity contribution is -0.156. The van der Waals surface area contributed by atoms with E-state index in [1.165, 1.54) is 109 Å². The number of nitrogens with zero attached hydrogens (tertiary/aromatic N) is 2. The Morgan fingerprint density at radius 1 is 0.537 bits per heavy atom. The van der Waals surface area contributed by atoms with E-state index in [0.717, 1.165) is 110 Å². The van der Waals surface area contributed by atoms with Crippen molar-refractivity contribution in [3.63, 3.8) is 0 Å². The number of aliphatic hydroxyl groups excluding tert-OH is 1. The smallest absolute Gasteiger partial charge is 0.308 e. The molecule has 2 aliphatic heterocycles.